The number of carbonyl (C=O) groups excluding carboxylic acids is 1. The summed E-state index contributed by atoms with van der Waals surface area (Å²) >= 11 is 3.45. The number of anilines is 1. The fourth-order valence-corrected chi connectivity index (χ4v) is 3.66. The fraction of sp³-hybridized carbons (Fsp3) is 0.462. The van der Waals surface area contributed by atoms with E-state index in [1.165, 1.54) is 6.26 Å². The maximum atomic E-state index is 11.9. The number of ether oxygens (including phenoxy) is 1. The monoisotopic (exact) mass is 361 g/mol. The number of benzene rings is 1. The predicted molar refractivity (Wildman–Crippen MR) is 81.2 cm³/mol. The highest BCUT2D eigenvalue weighted by molar-refractivity contribution is 9.09. The van der Waals surface area contributed by atoms with Gasteiger partial charge in [0.15, 0.2) is 16.4 Å². The van der Waals surface area contributed by atoms with Crippen LogP contribution in [0.3, 0.4) is 0 Å². The van der Waals surface area contributed by atoms with E-state index in [2.05, 4.69) is 21.2 Å². The van der Waals surface area contributed by atoms with E-state index in [-0.39, 0.29) is 12.5 Å². The molecule has 0 aliphatic carbocycles. The van der Waals surface area contributed by atoms with Gasteiger partial charge in [-0.05, 0) is 31.5 Å². The van der Waals surface area contributed by atoms with Crippen LogP contribution in [0.4, 0.5) is 5.69 Å². The Kier molecular flexibility index (Phi) is 3.85. The maximum absolute atomic E-state index is 11.9. The molecule has 1 aliphatic heterocycles. The molecule has 0 aromatic heterocycles. The molecule has 1 aliphatic rings. The normalized spacial score (nSPS) is 16.9. The third-order valence-electron chi connectivity index (χ3n) is 3.50. The largest absolute Gasteiger partial charge is 0.482 e. The average molecular weight is 362 g/mol. The lowest BCUT2D eigenvalue weighted by molar-refractivity contribution is -0.118. The Bertz CT molecular complexity index is 654. The van der Waals surface area contributed by atoms with E-state index < -0.39 is 19.4 Å². The Morgan fingerprint density at radius 3 is 2.65 bits per heavy atom. The van der Waals surface area contributed by atoms with E-state index >= 15 is 0 Å². The molecular weight excluding hydrogens is 346 g/mol. The molecule has 20 heavy (non-hydrogen) atoms. The number of sulfone groups is 1. The highest BCUT2D eigenvalue weighted by Gasteiger charge is 2.38. The van der Waals surface area contributed by atoms with E-state index in [9.17, 15) is 13.2 Å². The first-order valence-electron chi connectivity index (χ1n) is 6.03. The summed E-state index contributed by atoms with van der Waals surface area (Å²) in [5.41, 5.74) is 1.33. The number of rotatable bonds is 3. The molecule has 0 fully saturated rings. The van der Waals surface area contributed by atoms with Gasteiger partial charge in [0, 0.05) is 6.26 Å². The Balaban J connectivity index is 2.39. The first-order chi connectivity index (χ1) is 9.13. The summed E-state index contributed by atoms with van der Waals surface area (Å²) in [5, 5.41) is 2.71. The van der Waals surface area contributed by atoms with Crippen LogP contribution >= 0.6 is 15.9 Å². The SMILES string of the molecule is CC(C)(C(Br)c1ccc2c(c1)NC(=O)CO2)S(C)(=O)=O. The molecule has 5 nitrogen and oxygen atoms in total. The zero-order valence-electron chi connectivity index (χ0n) is 11.4. The number of nitrogens with one attached hydrogen (secondary N) is 1. The van der Waals surface area contributed by atoms with Gasteiger partial charge in [-0.15, -0.1) is 0 Å². The van der Waals surface area contributed by atoms with E-state index in [1.807, 2.05) is 0 Å². The van der Waals surface area contributed by atoms with Crippen LogP contribution in [0.15, 0.2) is 18.2 Å². The van der Waals surface area contributed by atoms with Gasteiger partial charge < -0.3 is 10.1 Å². The van der Waals surface area contributed by atoms with E-state index in [4.69, 9.17) is 4.74 Å². The summed E-state index contributed by atoms with van der Waals surface area (Å²) in [7, 11) is -3.25. The van der Waals surface area contributed by atoms with E-state index in [0.717, 1.165) is 5.56 Å². The standard InChI is InChI=1S/C13H16BrNO4S/c1-13(2,20(3,17)18)12(14)8-4-5-10-9(6-8)15-11(16)7-19-10/h4-6,12H,7H2,1-3H3,(H,15,16). The molecule has 1 aromatic rings. The molecule has 1 heterocycles. The highest BCUT2D eigenvalue weighted by atomic mass is 79.9. The predicted octanol–water partition coefficient (Wildman–Crippen LogP) is 2.28. The molecule has 1 unspecified atom stereocenters. The van der Waals surface area contributed by atoms with Crippen molar-refractivity contribution < 1.29 is 17.9 Å². The second kappa shape index (κ2) is 5.04. The van der Waals surface area contributed by atoms with Gasteiger partial charge in [-0.25, -0.2) is 8.42 Å². The van der Waals surface area contributed by atoms with Crippen LogP contribution in [0.1, 0.15) is 24.2 Å². The lowest BCUT2D eigenvalue weighted by atomic mass is 10.0. The first kappa shape index (κ1) is 15.3. The minimum Gasteiger partial charge on any atom is -0.482 e. The van der Waals surface area contributed by atoms with E-state index in [0.29, 0.717) is 11.4 Å². The Morgan fingerprint density at radius 1 is 1.40 bits per heavy atom. The lowest BCUT2D eigenvalue weighted by Crippen LogP contribution is -2.35. The van der Waals surface area contributed by atoms with Crippen LogP contribution in [0.25, 0.3) is 0 Å². The van der Waals surface area contributed by atoms with Gasteiger partial charge in [0.25, 0.3) is 5.91 Å². The minimum absolute atomic E-state index is 0.00107. The lowest BCUT2D eigenvalue weighted by Gasteiger charge is -2.29. The molecule has 0 saturated heterocycles. The molecular formula is C13H16BrNO4S. The van der Waals surface area contributed by atoms with Crippen LogP contribution in [0, 0.1) is 0 Å². The highest BCUT2D eigenvalue weighted by Crippen LogP contribution is 2.41. The minimum atomic E-state index is -3.25. The Hall–Kier alpha value is -1.08. The van der Waals surface area contributed by atoms with Crippen molar-refractivity contribution in [1.29, 1.82) is 0 Å². The molecule has 1 atom stereocenters. The van der Waals surface area contributed by atoms with Gasteiger partial charge in [0.05, 0.1) is 15.3 Å². The fourth-order valence-electron chi connectivity index (χ4n) is 1.85. The maximum Gasteiger partial charge on any atom is 0.262 e. The summed E-state index contributed by atoms with van der Waals surface area (Å²) in [6, 6.07) is 5.26. The molecule has 1 aromatic carbocycles. The van der Waals surface area contributed by atoms with Crippen molar-refractivity contribution in [3.63, 3.8) is 0 Å². The molecule has 1 N–H and O–H groups in total. The van der Waals surface area contributed by atoms with Crippen molar-refractivity contribution in [1.82, 2.24) is 0 Å². The van der Waals surface area contributed by atoms with Gasteiger partial charge >= 0.3 is 0 Å². The van der Waals surface area contributed by atoms with Crippen LogP contribution in [-0.4, -0.2) is 31.9 Å². The van der Waals surface area contributed by atoms with E-state index in [1.54, 1.807) is 32.0 Å². The molecule has 2 rings (SSSR count). The van der Waals surface area contributed by atoms with Crippen molar-refractivity contribution in [3.05, 3.63) is 23.8 Å². The molecule has 110 valence electrons. The van der Waals surface area contributed by atoms with Crippen molar-refractivity contribution in [3.8, 4) is 5.75 Å². The summed E-state index contributed by atoms with van der Waals surface area (Å²) in [6.07, 6.45) is 1.21. The number of alkyl halides is 1. The third kappa shape index (κ3) is 2.69. The van der Waals surface area contributed by atoms with Gasteiger partial charge in [-0.3, -0.25) is 4.79 Å². The Labute approximate surface area is 126 Å². The van der Waals surface area contributed by atoms with Crippen molar-refractivity contribution in [2.24, 2.45) is 0 Å². The zero-order chi connectivity index (χ0) is 15.1. The summed E-state index contributed by atoms with van der Waals surface area (Å²) in [6.45, 7) is 3.32. The molecule has 0 spiro atoms. The van der Waals surface area contributed by atoms with Gasteiger partial charge in [-0.1, -0.05) is 22.0 Å². The summed E-state index contributed by atoms with van der Waals surface area (Å²) < 4.78 is 28.1. The molecule has 0 radical (unpaired) electrons. The van der Waals surface area contributed by atoms with Crippen molar-refractivity contribution >= 4 is 37.4 Å². The number of fused-ring (bicyclic) bond motifs is 1. The first-order valence-corrected chi connectivity index (χ1v) is 8.84. The molecule has 0 saturated carbocycles. The number of halogens is 1. The average Bonchev–Trinajstić information content (AvgIpc) is 2.35. The number of carbonyl (C=O) groups is 1. The number of hydrogen-bond donors (Lipinski definition) is 1. The third-order valence-corrected chi connectivity index (χ3v) is 7.62. The van der Waals surface area contributed by atoms with Gasteiger partial charge in [-0.2, -0.15) is 0 Å². The zero-order valence-corrected chi connectivity index (χ0v) is 13.8. The van der Waals surface area contributed by atoms with Crippen molar-refractivity contribution in [2.45, 2.75) is 23.4 Å². The second-order valence-electron chi connectivity index (χ2n) is 5.33. The van der Waals surface area contributed by atoms with Crippen LogP contribution < -0.4 is 10.1 Å². The van der Waals surface area contributed by atoms with Crippen LogP contribution in [0.5, 0.6) is 5.75 Å². The number of amides is 1. The topological polar surface area (TPSA) is 72.5 Å². The van der Waals surface area contributed by atoms with Crippen molar-refractivity contribution in [2.75, 3.05) is 18.2 Å². The van der Waals surface area contributed by atoms with Gasteiger partial charge in [0.2, 0.25) is 0 Å². The smallest absolute Gasteiger partial charge is 0.262 e. The van der Waals surface area contributed by atoms with Crippen LogP contribution in [-0.2, 0) is 14.6 Å². The summed E-state index contributed by atoms with van der Waals surface area (Å²) in [4.78, 5) is 10.9. The summed E-state index contributed by atoms with van der Waals surface area (Å²) in [5.74, 6) is 0.369. The number of hydrogen-bond acceptors (Lipinski definition) is 4. The molecule has 7 heteroatoms. The molecule has 0 bridgehead atoms. The van der Waals surface area contributed by atoms with Gasteiger partial charge in [0.1, 0.15) is 5.75 Å². The Morgan fingerprint density at radius 2 is 2.05 bits per heavy atom. The van der Waals surface area contributed by atoms with Crippen LogP contribution in [0.2, 0.25) is 0 Å². The second-order valence-corrected chi connectivity index (χ2v) is 8.84. The quantitative estimate of drug-likeness (QED) is 0.838. The molecule has 1 amide bonds.